The quantitative estimate of drug-likeness (QED) is 0.192. The fraction of sp³-hybridized carbons (Fsp3) is 0.529. The van der Waals surface area contributed by atoms with Crippen molar-refractivity contribution in [3.8, 4) is 11.8 Å². The number of anilines is 3. The maximum atomic E-state index is 11.6. The number of likely N-dealkylation sites (N-methyl/N-ethyl adjacent to an activating group) is 1. The van der Waals surface area contributed by atoms with E-state index in [2.05, 4.69) is 56.9 Å². The molecule has 0 spiro atoms. The second kappa shape index (κ2) is 10.3. The van der Waals surface area contributed by atoms with Crippen molar-refractivity contribution in [3.63, 3.8) is 0 Å². The molecular weight excluding hydrogens is 396 g/mol. The molecule has 0 fully saturated rings. The molecule has 0 bridgehead atoms. The van der Waals surface area contributed by atoms with E-state index in [4.69, 9.17) is 4.74 Å². The standard InChI is InChI=1S/C17H28N8O5/c1-5-18-14-21-15(19-8-10-25(2,3)4)23-16(22-14)20-9-11-29-17(28)30-24-12(26)6-7-13(24)27/h6-7H,5,8-11H2,1-4H3,(H4-,18,19,20,21,22,23,26,27)/p+1. The Labute approximate surface area is 174 Å². The molecule has 2 aromatic heterocycles. The maximum absolute atomic E-state index is 11.6. The number of nitrogens with one attached hydrogen (secondary N) is 3. The average Bonchev–Trinajstić information content (AvgIpc) is 2.96. The smallest absolute Gasteiger partial charge is 0.492 e. The average molecular weight is 425 g/mol. The Hall–Kier alpha value is -3.48. The Morgan fingerprint density at radius 1 is 1.00 bits per heavy atom. The molecule has 13 nitrogen and oxygen atoms in total. The van der Waals surface area contributed by atoms with Gasteiger partial charge in [-0.2, -0.15) is 15.0 Å². The highest BCUT2D eigenvalue weighted by Crippen LogP contribution is 2.18. The van der Waals surface area contributed by atoms with Gasteiger partial charge in [-0.25, -0.2) is 4.79 Å². The van der Waals surface area contributed by atoms with E-state index in [0.29, 0.717) is 35.7 Å². The van der Waals surface area contributed by atoms with Crippen LogP contribution in [0.3, 0.4) is 0 Å². The monoisotopic (exact) mass is 425 g/mol. The molecule has 0 amide bonds. The fourth-order valence-corrected chi connectivity index (χ4v) is 2.17. The predicted molar refractivity (Wildman–Crippen MR) is 110 cm³/mol. The molecule has 2 heterocycles. The van der Waals surface area contributed by atoms with E-state index in [0.717, 1.165) is 11.0 Å². The van der Waals surface area contributed by atoms with Gasteiger partial charge in [0, 0.05) is 18.7 Å². The van der Waals surface area contributed by atoms with Crippen LogP contribution in [0.15, 0.2) is 12.1 Å². The van der Waals surface area contributed by atoms with E-state index >= 15 is 0 Å². The topological polar surface area (TPSA) is 156 Å². The Kier molecular flexibility index (Phi) is 7.86. The Morgan fingerprint density at radius 2 is 1.53 bits per heavy atom. The van der Waals surface area contributed by atoms with E-state index < -0.39 is 17.9 Å². The van der Waals surface area contributed by atoms with Gasteiger partial charge in [-0.1, -0.05) is 0 Å². The second-order valence-electron chi connectivity index (χ2n) is 7.24. The molecule has 0 aliphatic heterocycles. The van der Waals surface area contributed by atoms with Crippen LogP contribution >= 0.6 is 0 Å². The highest BCUT2D eigenvalue weighted by atomic mass is 16.8. The lowest BCUT2D eigenvalue weighted by molar-refractivity contribution is -0.868. The summed E-state index contributed by atoms with van der Waals surface area (Å²) in [5, 5.41) is 28.0. The first-order valence-electron chi connectivity index (χ1n) is 9.41. The van der Waals surface area contributed by atoms with Gasteiger partial charge >= 0.3 is 6.16 Å². The molecule has 0 saturated carbocycles. The van der Waals surface area contributed by atoms with Crippen molar-refractivity contribution in [2.45, 2.75) is 6.92 Å². The van der Waals surface area contributed by atoms with Crippen molar-refractivity contribution >= 4 is 24.0 Å². The van der Waals surface area contributed by atoms with Crippen LogP contribution in [-0.4, -0.2) is 94.5 Å². The molecule has 0 atom stereocenters. The number of hydrogen-bond donors (Lipinski definition) is 5. The minimum absolute atomic E-state index is 0.0614. The molecule has 13 heteroatoms. The van der Waals surface area contributed by atoms with Gasteiger partial charge in [0.2, 0.25) is 29.6 Å². The Morgan fingerprint density at radius 3 is 2.07 bits per heavy atom. The Bertz CT molecular complexity index is 817. The lowest BCUT2D eigenvalue weighted by atomic mass is 10.5. The second-order valence-corrected chi connectivity index (χ2v) is 7.24. The minimum Gasteiger partial charge on any atom is -0.492 e. The summed E-state index contributed by atoms with van der Waals surface area (Å²) < 4.78 is 6.23. The van der Waals surface area contributed by atoms with Crippen LogP contribution in [-0.2, 0) is 4.74 Å². The predicted octanol–water partition coefficient (Wildman–Crippen LogP) is 0.311. The number of aromatic nitrogens is 4. The first-order valence-corrected chi connectivity index (χ1v) is 9.41. The third-order valence-electron chi connectivity index (χ3n) is 3.60. The molecule has 30 heavy (non-hydrogen) atoms. The van der Waals surface area contributed by atoms with E-state index in [1.165, 1.54) is 12.1 Å². The van der Waals surface area contributed by atoms with Gasteiger partial charge in [0.05, 0.1) is 40.8 Å². The first-order chi connectivity index (χ1) is 14.2. The lowest BCUT2D eigenvalue weighted by Gasteiger charge is -2.23. The molecule has 0 aliphatic rings. The molecule has 0 unspecified atom stereocenters. The molecule has 0 aromatic carbocycles. The molecular formula is C17H29N8O5+. The summed E-state index contributed by atoms with van der Waals surface area (Å²) in [6, 6.07) is 2.33. The van der Waals surface area contributed by atoms with Crippen LogP contribution in [0.25, 0.3) is 0 Å². The molecule has 2 rings (SSSR count). The molecule has 2 aromatic rings. The van der Waals surface area contributed by atoms with Gasteiger partial charge in [-0.15, -0.1) is 4.73 Å². The van der Waals surface area contributed by atoms with Gasteiger partial charge in [-0.05, 0) is 6.92 Å². The van der Waals surface area contributed by atoms with Crippen molar-refractivity contribution in [3.05, 3.63) is 12.1 Å². The maximum Gasteiger partial charge on any atom is 0.534 e. The number of hydrogen-bond acceptors (Lipinski definition) is 11. The third kappa shape index (κ3) is 7.50. The van der Waals surface area contributed by atoms with Crippen molar-refractivity contribution in [1.82, 2.24) is 19.7 Å². The van der Waals surface area contributed by atoms with Crippen LogP contribution in [0.5, 0.6) is 11.8 Å². The lowest BCUT2D eigenvalue weighted by Crippen LogP contribution is -2.38. The number of quaternary nitrogens is 1. The van der Waals surface area contributed by atoms with Crippen LogP contribution in [0.1, 0.15) is 6.92 Å². The van der Waals surface area contributed by atoms with Gasteiger partial charge in [-0.3, -0.25) is 4.84 Å². The van der Waals surface area contributed by atoms with Crippen molar-refractivity contribution < 1.29 is 29.1 Å². The van der Waals surface area contributed by atoms with E-state index in [-0.39, 0.29) is 13.2 Å². The normalized spacial score (nSPS) is 11.1. The first kappa shape index (κ1) is 22.8. The molecule has 0 radical (unpaired) electrons. The number of carbonyl (C=O) groups excluding carboxylic acids is 1. The third-order valence-corrected chi connectivity index (χ3v) is 3.60. The van der Waals surface area contributed by atoms with Crippen LogP contribution < -0.4 is 20.8 Å². The number of nitrogens with zero attached hydrogens (tertiary/aromatic N) is 5. The summed E-state index contributed by atoms with van der Waals surface area (Å²) in [7, 11) is 6.28. The number of aromatic hydroxyl groups is 2. The molecule has 0 aliphatic carbocycles. The highest BCUT2D eigenvalue weighted by molar-refractivity contribution is 5.60. The summed E-state index contributed by atoms with van der Waals surface area (Å²) in [5.74, 6) is 0.284. The van der Waals surface area contributed by atoms with Gasteiger partial charge in [0.25, 0.3) is 0 Å². The van der Waals surface area contributed by atoms with Gasteiger partial charge < -0.3 is 35.4 Å². The zero-order chi connectivity index (χ0) is 22.1. The van der Waals surface area contributed by atoms with Crippen LogP contribution in [0, 0.1) is 0 Å². The zero-order valence-electron chi connectivity index (χ0n) is 17.5. The summed E-state index contributed by atoms with van der Waals surface area (Å²) in [5.41, 5.74) is 0. The van der Waals surface area contributed by atoms with Crippen molar-refractivity contribution in [2.75, 3.05) is 69.9 Å². The highest BCUT2D eigenvalue weighted by Gasteiger charge is 2.13. The number of carbonyl (C=O) groups is 1. The van der Waals surface area contributed by atoms with Crippen LogP contribution in [0.2, 0.25) is 0 Å². The molecule has 166 valence electrons. The zero-order valence-corrected chi connectivity index (χ0v) is 17.5. The molecule has 5 N–H and O–H groups in total. The minimum atomic E-state index is -1.09. The van der Waals surface area contributed by atoms with Gasteiger partial charge in [0.1, 0.15) is 6.61 Å². The largest absolute Gasteiger partial charge is 0.534 e. The van der Waals surface area contributed by atoms with E-state index in [9.17, 15) is 15.0 Å². The summed E-state index contributed by atoms with van der Waals surface area (Å²) in [6.07, 6.45) is -1.09. The van der Waals surface area contributed by atoms with Crippen molar-refractivity contribution in [1.29, 1.82) is 0 Å². The summed E-state index contributed by atoms with van der Waals surface area (Å²) in [4.78, 5) is 29.2. The Balaban J connectivity index is 1.85. The van der Waals surface area contributed by atoms with E-state index in [1.54, 1.807) is 0 Å². The molecule has 0 saturated heterocycles. The van der Waals surface area contributed by atoms with Crippen LogP contribution in [0.4, 0.5) is 22.6 Å². The number of rotatable bonds is 11. The number of ether oxygens (including phenoxy) is 1. The summed E-state index contributed by atoms with van der Waals surface area (Å²) >= 11 is 0. The summed E-state index contributed by atoms with van der Waals surface area (Å²) in [6.45, 7) is 4.29. The SMILES string of the molecule is CCNc1nc(NCCOC(=O)On2c(O)ccc2O)nc(NCC[N+](C)(C)C)n1. The fourth-order valence-electron chi connectivity index (χ4n) is 2.17. The van der Waals surface area contributed by atoms with Crippen molar-refractivity contribution in [2.24, 2.45) is 0 Å². The van der Waals surface area contributed by atoms with Gasteiger partial charge in [0.15, 0.2) is 0 Å². The van der Waals surface area contributed by atoms with E-state index in [1.807, 2.05) is 6.92 Å².